The highest BCUT2D eigenvalue weighted by atomic mass is 35.5. The van der Waals surface area contributed by atoms with Crippen molar-refractivity contribution < 1.29 is 4.74 Å². The summed E-state index contributed by atoms with van der Waals surface area (Å²) in [7, 11) is 0. The number of ether oxygens (including phenoxy) is 1. The minimum absolute atomic E-state index is 0.596. The van der Waals surface area contributed by atoms with Crippen molar-refractivity contribution in [3.63, 3.8) is 0 Å². The molecular weight excluding hydrogens is 224 g/mol. The fourth-order valence-electron chi connectivity index (χ4n) is 1.18. The van der Waals surface area contributed by atoms with Crippen LogP contribution in [0.3, 0.4) is 0 Å². The van der Waals surface area contributed by atoms with Crippen molar-refractivity contribution in [3.8, 4) is 5.88 Å². The van der Waals surface area contributed by atoms with Gasteiger partial charge >= 0.3 is 0 Å². The van der Waals surface area contributed by atoms with Gasteiger partial charge in [0.2, 0.25) is 5.88 Å². The number of aromatic nitrogens is 1. The highest BCUT2D eigenvalue weighted by molar-refractivity contribution is 6.31. The summed E-state index contributed by atoms with van der Waals surface area (Å²) in [6.07, 6.45) is 4.25. The number of nitrogens with one attached hydrogen (secondary N) is 1. The molecule has 1 heterocycles. The maximum absolute atomic E-state index is 6.02. The summed E-state index contributed by atoms with van der Waals surface area (Å²) >= 11 is 6.02. The first-order valence-electron chi connectivity index (χ1n) is 5.36. The highest BCUT2D eigenvalue weighted by Gasteiger charge is 2.03. The zero-order valence-corrected chi connectivity index (χ0v) is 10.3. The Bertz CT molecular complexity index is 342. The monoisotopic (exact) mass is 240 g/mol. The molecule has 3 nitrogen and oxygen atoms in total. The molecule has 0 unspecified atom stereocenters. The van der Waals surface area contributed by atoms with Crippen LogP contribution in [-0.4, -0.2) is 18.1 Å². The molecule has 0 amide bonds. The second-order valence-corrected chi connectivity index (χ2v) is 3.73. The smallest absolute Gasteiger partial charge is 0.213 e. The van der Waals surface area contributed by atoms with E-state index in [1.165, 1.54) is 0 Å². The molecule has 0 aromatic carbocycles. The predicted molar refractivity (Wildman–Crippen MR) is 66.9 cm³/mol. The Kier molecular flexibility index (Phi) is 5.90. The molecule has 0 saturated heterocycles. The van der Waals surface area contributed by atoms with Gasteiger partial charge in [0.1, 0.15) is 0 Å². The molecule has 0 atom stereocenters. The third-order valence-electron chi connectivity index (χ3n) is 2.05. The van der Waals surface area contributed by atoms with Crippen LogP contribution >= 0.6 is 11.6 Å². The van der Waals surface area contributed by atoms with Gasteiger partial charge < -0.3 is 10.1 Å². The lowest BCUT2D eigenvalue weighted by Gasteiger charge is -2.08. The first kappa shape index (κ1) is 13.0. The van der Waals surface area contributed by atoms with Gasteiger partial charge in [-0.3, -0.25) is 0 Å². The first-order chi connectivity index (χ1) is 7.77. The molecule has 16 heavy (non-hydrogen) atoms. The van der Waals surface area contributed by atoms with Gasteiger partial charge in [-0.2, -0.15) is 0 Å². The van der Waals surface area contributed by atoms with E-state index in [9.17, 15) is 0 Å². The molecule has 1 aromatic rings. The van der Waals surface area contributed by atoms with Crippen LogP contribution in [0.4, 0.5) is 0 Å². The second-order valence-electron chi connectivity index (χ2n) is 3.32. The topological polar surface area (TPSA) is 34.1 Å². The van der Waals surface area contributed by atoms with E-state index in [0.29, 0.717) is 17.5 Å². The summed E-state index contributed by atoms with van der Waals surface area (Å²) in [5.74, 6) is 0.610. The predicted octanol–water partition coefficient (Wildman–Crippen LogP) is 2.80. The van der Waals surface area contributed by atoms with E-state index in [4.69, 9.17) is 16.3 Å². The fourth-order valence-corrected chi connectivity index (χ4v) is 1.35. The number of rotatable bonds is 7. The lowest BCUT2D eigenvalue weighted by atomic mass is 10.2. The van der Waals surface area contributed by atoms with E-state index < -0.39 is 0 Å². The van der Waals surface area contributed by atoms with Crippen molar-refractivity contribution >= 4 is 11.6 Å². The number of pyridine rings is 1. The summed E-state index contributed by atoms with van der Waals surface area (Å²) in [4.78, 5) is 4.10. The lowest BCUT2D eigenvalue weighted by Crippen LogP contribution is -2.12. The molecule has 0 saturated carbocycles. The molecule has 0 spiro atoms. The Morgan fingerprint density at radius 1 is 1.62 bits per heavy atom. The Labute approximate surface area is 101 Å². The first-order valence-corrected chi connectivity index (χ1v) is 5.74. The fraction of sp³-hybridized carbons (Fsp3) is 0.417. The molecule has 1 aromatic heterocycles. The quantitative estimate of drug-likeness (QED) is 0.588. The lowest BCUT2D eigenvalue weighted by molar-refractivity contribution is 0.312. The van der Waals surface area contributed by atoms with Gasteiger partial charge in [-0.05, 0) is 18.5 Å². The Morgan fingerprint density at radius 2 is 2.44 bits per heavy atom. The molecule has 0 bridgehead atoms. The van der Waals surface area contributed by atoms with Gasteiger partial charge in [0.15, 0.2) is 0 Å². The zero-order chi connectivity index (χ0) is 11.8. The standard InChI is InChI=1S/C12H17ClN2O/c1-3-5-6-16-12-7-10(8-14-4-2)11(13)9-15-12/h3,7,9,14H,1,4-6,8H2,2H3. The Hall–Kier alpha value is -1.06. The number of hydrogen-bond donors (Lipinski definition) is 1. The van der Waals surface area contributed by atoms with Crippen LogP contribution < -0.4 is 10.1 Å². The van der Waals surface area contributed by atoms with Gasteiger partial charge in [-0.1, -0.05) is 24.6 Å². The van der Waals surface area contributed by atoms with E-state index in [-0.39, 0.29) is 0 Å². The van der Waals surface area contributed by atoms with Crippen LogP contribution in [0.15, 0.2) is 24.9 Å². The second kappa shape index (κ2) is 7.25. The van der Waals surface area contributed by atoms with Crippen LogP contribution in [0.5, 0.6) is 5.88 Å². The van der Waals surface area contributed by atoms with Gasteiger partial charge in [-0.25, -0.2) is 4.98 Å². The molecule has 0 fully saturated rings. The maximum atomic E-state index is 6.02. The highest BCUT2D eigenvalue weighted by Crippen LogP contribution is 2.19. The van der Waals surface area contributed by atoms with E-state index >= 15 is 0 Å². The van der Waals surface area contributed by atoms with Gasteiger partial charge in [0, 0.05) is 18.8 Å². The van der Waals surface area contributed by atoms with Crippen LogP contribution in [0.1, 0.15) is 18.9 Å². The van der Waals surface area contributed by atoms with E-state index in [1.807, 2.05) is 12.1 Å². The molecule has 0 aliphatic rings. The van der Waals surface area contributed by atoms with Crippen molar-refractivity contribution in [2.24, 2.45) is 0 Å². The van der Waals surface area contributed by atoms with Crippen molar-refractivity contribution in [1.82, 2.24) is 10.3 Å². The van der Waals surface area contributed by atoms with Gasteiger partial charge in [0.05, 0.1) is 11.6 Å². The SMILES string of the molecule is C=CCCOc1cc(CNCC)c(Cl)cn1. The molecular formula is C12H17ClN2O. The van der Waals surface area contributed by atoms with E-state index in [0.717, 1.165) is 25.1 Å². The van der Waals surface area contributed by atoms with Gasteiger partial charge in [0.25, 0.3) is 0 Å². The van der Waals surface area contributed by atoms with Gasteiger partial charge in [-0.15, -0.1) is 6.58 Å². The van der Waals surface area contributed by atoms with Crippen molar-refractivity contribution in [2.45, 2.75) is 19.9 Å². The van der Waals surface area contributed by atoms with Crippen LogP contribution in [0.25, 0.3) is 0 Å². The average molecular weight is 241 g/mol. The third-order valence-corrected chi connectivity index (χ3v) is 2.39. The van der Waals surface area contributed by atoms with E-state index in [1.54, 1.807) is 6.20 Å². The van der Waals surface area contributed by atoms with Crippen molar-refractivity contribution in [3.05, 3.63) is 35.5 Å². The largest absolute Gasteiger partial charge is 0.477 e. The Morgan fingerprint density at radius 3 is 3.12 bits per heavy atom. The summed E-state index contributed by atoms with van der Waals surface area (Å²) in [6, 6.07) is 1.87. The number of nitrogens with zero attached hydrogens (tertiary/aromatic N) is 1. The average Bonchev–Trinajstić information content (AvgIpc) is 2.30. The molecule has 0 radical (unpaired) electrons. The summed E-state index contributed by atoms with van der Waals surface area (Å²) in [5, 5.41) is 3.88. The molecule has 88 valence electrons. The third kappa shape index (κ3) is 4.21. The minimum Gasteiger partial charge on any atom is -0.477 e. The minimum atomic E-state index is 0.596. The van der Waals surface area contributed by atoms with E-state index in [2.05, 4.69) is 23.8 Å². The molecule has 0 aliphatic carbocycles. The summed E-state index contributed by atoms with van der Waals surface area (Å²) in [5.41, 5.74) is 1.01. The zero-order valence-electron chi connectivity index (χ0n) is 9.50. The normalized spacial score (nSPS) is 10.1. The number of halogens is 1. The Balaban J connectivity index is 2.61. The summed E-state index contributed by atoms with van der Waals surface area (Å²) in [6.45, 7) is 7.92. The van der Waals surface area contributed by atoms with Crippen LogP contribution in [-0.2, 0) is 6.54 Å². The molecule has 1 N–H and O–H groups in total. The van der Waals surface area contributed by atoms with Crippen molar-refractivity contribution in [1.29, 1.82) is 0 Å². The van der Waals surface area contributed by atoms with Crippen LogP contribution in [0, 0.1) is 0 Å². The maximum Gasteiger partial charge on any atom is 0.213 e. The summed E-state index contributed by atoms with van der Waals surface area (Å²) < 4.78 is 5.45. The molecule has 1 rings (SSSR count). The molecule has 4 heteroatoms. The van der Waals surface area contributed by atoms with Crippen molar-refractivity contribution in [2.75, 3.05) is 13.2 Å². The molecule has 0 aliphatic heterocycles. The van der Waals surface area contributed by atoms with Crippen LogP contribution in [0.2, 0.25) is 5.02 Å². The number of hydrogen-bond acceptors (Lipinski definition) is 3.